The summed E-state index contributed by atoms with van der Waals surface area (Å²) in [5.41, 5.74) is 3.14. The fraction of sp³-hybridized carbons (Fsp3) is 0.500. The molecule has 0 spiro atoms. The monoisotopic (exact) mass is 445 g/mol. The van der Waals surface area contributed by atoms with Gasteiger partial charge in [-0.15, -0.1) is 11.3 Å². The molecule has 0 bridgehead atoms. The van der Waals surface area contributed by atoms with Crippen molar-refractivity contribution in [3.05, 3.63) is 35.0 Å². The quantitative estimate of drug-likeness (QED) is 0.669. The number of rotatable bonds is 5. The highest BCUT2D eigenvalue weighted by Crippen LogP contribution is 2.39. The number of amidine groups is 1. The molecular formula is C22H31N5OS2. The van der Waals surface area contributed by atoms with E-state index in [1.165, 1.54) is 0 Å². The summed E-state index contributed by atoms with van der Waals surface area (Å²) in [6.07, 6.45) is 0. The van der Waals surface area contributed by atoms with Crippen LogP contribution in [0.25, 0.3) is 0 Å². The number of nitrogens with zero attached hydrogens (tertiary/aromatic N) is 3. The van der Waals surface area contributed by atoms with Crippen LogP contribution in [0.2, 0.25) is 0 Å². The summed E-state index contributed by atoms with van der Waals surface area (Å²) in [6, 6.07) is 8.59. The van der Waals surface area contributed by atoms with E-state index in [1.54, 1.807) is 18.4 Å². The normalized spacial score (nSPS) is 20.6. The second-order valence-electron chi connectivity index (χ2n) is 8.07. The lowest BCUT2D eigenvalue weighted by molar-refractivity contribution is 0.187. The smallest absolute Gasteiger partial charge is 0.158 e. The van der Waals surface area contributed by atoms with E-state index in [4.69, 9.17) is 14.7 Å². The standard InChI is InChI=1S/C22H31N5OS2/c1-14(2)21-26-19-20(24-17-8-6-7-9-18(17)25-22(19)29-21)27-11-10-23-16(12-27)13-30(5)15(3)28-4/h6-9,14-16,23,25H,5,10-13H2,1-4H3/t15-,16?,30?/m0/s1. The number of hydrogen-bond acceptors (Lipinski definition) is 7. The average molecular weight is 446 g/mol. The van der Waals surface area contributed by atoms with Crippen LogP contribution >= 0.6 is 21.8 Å². The third-order valence-electron chi connectivity index (χ3n) is 5.50. The number of aliphatic imine (C=N–C) groups is 1. The van der Waals surface area contributed by atoms with E-state index >= 15 is 0 Å². The van der Waals surface area contributed by atoms with Crippen LogP contribution in [0, 0.1) is 0 Å². The summed E-state index contributed by atoms with van der Waals surface area (Å²) in [6.45, 7) is 9.21. The van der Waals surface area contributed by atoms with Crippen LogP contribution < -0.4 is 10.6 Å². The Morgan fingerprint density at radius 2 is 2.13 bits per heavy atom. The molecule has 3 heterocycles. The number of nitrogens with one attached hydrogen (secondary N) is 2. The largest absolute Gasteiger partial charge is 0.372 e. The first-order valence-electron chi connectivity index (χ1n) is 10.4. The van der Waals surface area contributed by atoms with Crippen LogP contribution in [-0.2, 0) is 4.74 Å². The Hall–Kier alpha value is -1.74. The van der Waals surface area contributed by atoms with Gasteiger partial charge < -0.3 is 20.3 Å². The molecule has 3 atom stereocenters. The summed E-state index contributed by atoms with van der Waals surface area (Å²) in [4.78, 5) is 12.5. The summed E-state index contributed by atoms with van der Waals surface area (Å²) in [7, 11) is 1.71. The Kier molecular flexibility index (Phi) is 6.57. The van der Waals surface area contributed by atoms with Crippen LogP contribution in [0.1, 0.15) is 37.4 Å². The first-order chi connectivity index (χ1) is 14.5. The zero-order valence-electron chi connectivity index (χ0n) is 18.1. The molecule has 1 aromatic heterocycles. The van der Waals surface area contributed by atoms with Gasteiger partial charge in [-0.3, -0.25) is 0 Å². The Labute approximate surface area is 185 Å². The van der Waals surface area contributed by atoms with Gasteiger partial charge in [-0.25, -0.2) is 9.98 Å². The van der Waals surface area contributed by atoms with Crippen molar-refractivity contribution < 1.29 is 4.74 Å². The Balaban J connectivity index is 1.66. The molecule has 0 amide bonds. The van der Waals surface area contributed by atoms with E-state index in [-0.39, 0.29) is 15.9 Å². The summed E-state index contributed by atoms with van der Waals surface area (Å²) < 4.78 is 5.49. The lowest BCUT2D eigenvalue weighted by Crippen LogP contribution is -2.54. The van der Waals surface area contributed by atoms with Gasteiger partial charge in [0.2, 0.25) is 0 Å². The maximum Gasteiger partial charge on any atom is 0.158 e. The summed E-state index contributed by atoms with van der Waals surface area (Å²) in [5, 5.41) is 9.47. The molecule has 0 saturated carbocycles. The fourth-order valence-electron chi connectivity index (χ4n) is 3.67. The number of benzene rings is 1. The van der Waals surface area contributed by atoms with Gasteiger partial charge in [0.15, 0.2) is 5.84 Å². The van der Waals surface area contributed by atoms with Gasteiger partial charge in [-0.1, -0.05) is 31.9 Å². The molecule has 1 saturated heterocycles. The summed E-state index contributed by atoms with van der Waals surface area (Å²) >= 11 is 1.74. The Morgan fingerprint density at radius 1 is 1.33 bits per heavy atom. The van der Waals surface area contributed by atoms with Crippen molar-refractivity contribution in [2.45, 2.75) is 38.2 Å². The van der Waals surface area contributed by atoms with Gasteiger partial charge in [-0.2, -0.15) is 10.5 Å². The van der Waals surface area contributed by atoms with Gasteiger partial charge in [0, 0.05) is 44.5 Å². The number of methoxy groups -OCH3 is 1. The highest BCUT2D eigenvalue weighted by atomic mass is 32.2. The van der Waals surface area contributed by atoms with E-state index in [1.807, 2.05) is 12.1 Å². The maximum atomic E-state index is 5.49. The van der Waals surface area contributed by atoms with E-state index in [2.05, 4.69) is 54.3 Å². The number of ether oxygens (including phenoxy) is 1. The first-order valence-corrected chi connectivity index (χ1v) is 12.9. The maximum absolute atomic E-state index is 5.49. The molecule has 1 aromatic carbocycles. The second-order valence-corrected chi connectivity index (χ2v) is 11.2. The Bertz CT molecular complexity index is 955. The van der Waals surface area contributed by atoms with Gasteiger partial charge in [0.1, 0.15) is 10.7 Å². The lowest BCUT2D eigenvalue weighted by atomic mass is 10.2. The molecule has 8 heteroatoms. The predicted octanol–water partition coefficient (Wildman–Crippen LogP) is 4.37. The van der Waals surface area contributed by atoms with Gasteiger partial charge in [0.05, 0.1) is 21.8 Å². The topological polar surface area (TPSA) is 61.8 Å². The fourth-order valence-corrected chi connectivity index (χ4v) is 5.93. The van der Waals surface area contributed by atoms with Gasteiger partial charge >= 0.3 is 0 Å². The van der Waals surface area contributed by atoms with Crippen molar-refractivity contribution >= 4 is 49.9 Å². The van der Waals surface area contributed by atoms with Crippen LogP contribution in [-0.4, -0.2) is 65.6 Å². The van der Waals surface area contributed by atoms with Crippen molar-refractivity contribution in [3.63, 3.8) is 0 Å². The molecule has 1 fully saturated rings. The molecule has 162 valence electrons. The molecule has 6 nitrogen and oxygen atoms in total. The molecule has 2 N–H and O–H groups in total. The van der Waals surface area contributed by atoms with Crippen molar-refractivity contribution in [2.24, 2.45) is 4.99 Å². The average Bonchev–Trinajstić information content (AvgIpc) is 3.09. The molecular weight excluding hydrogens is 414 g/mol. The second kappa shape index (κ2) is 9.18. The van der Waals surface area contributed by atoms with Crippen LogP contribution in [0.4, 0.5) is 16.4 Å². The number of aromatic nitrogens is 1. The minimum absolute atomic E-state index is 0.0463. The molecule has 2 aliphatic heterocycles. The van der Waals surface area contributed by atoms with Crippen molar-refractivity contribution in [2.75, 3.05) is 37.8 Å². The van der Waals surface area contributed by atoms with Crippen LogP contribution in [0.3, 0.4) is 0 Å². The van der Waals surface area contributed by atoms with Crippen molar-refractivity contribution in [1.29, 1.82) is 0 Å². The number of hydrogen-bond donors (Lipinski definition) is 2. The molecule has 2 aliphatic rings. The van der Waals surface area contributed by atoms with Crippen LogP contribution in [0.5, 0.6) is 0 Å². The lowest BCUT2D eigenvalue weighted by Gasteiger charge is -2.36. The highest BCUT2D eigenvalue weighted by molar-refractivity contribution is 8.14. The van der Waals surface area contributed by atoms with Crippen molar-refractivity contribution in [1.82, 2.24) is 15.2 Å². The van der Waals surface area contributed by atoms with E-state index < -0.39 is 0 Å². The Morgan fingerprint density at radius 3 is 2.90 bits per heavy atom. The number of fused-ring (bicyclic) bond motifs is 2. The molecule has 2 unspecified atom stereocenters. The minimum Gasteiger partial charge on any atom is -0.372 e. The number of anilines is 2. The number of piperazine rings is 1. The number of thiazole rings is 1. The third-order valence-corrected chi connectivity index (χ3v) is 8.73. The predicted molar refractivity (Wildman–Crippen MR) is 132 cm³/mol. The first kappa shape index (κ1) is 21.5. The highest BCUT2D eigenvalue weighted by Gasteiger charge is 2.29. The zero-order valence-corrected chi connectivity index (χ0v) is 19.8. The minimum atomic E-state index is -0.0463. The van der Waals surface area contributed by atoms with Gasteiger partial charge in [-0.05, 0) is 19.1 Å². The zero-order chi connectivity index (χ0) is 21.3. The van der Waals surface area contributed by atoms with Crippen LogP contribution in [0.15, 0.2) is 29.3 Å². The van der Waals surface area contributed by atoms with Gasteiger partial charge in [0.25, 0.3) is 0 Å². The molecule has 4 rings (SSSR count). The molecule has 30 heavy (non-hydrogen) atoms. The van der Waals surface area contributed by atoms with E-state index in [9.17, 15) is 0 Å². The summed E-state index contributed by atoms with van der Waals surface area (Å²) in [5.74, 6) is 6.69. The number of para-hydroxylation sites is 2. The third kappa shape index (κ3) is 4.46. The van der Waals surface area contributed by atoms with Crippen molar-refractivity contribution in [3.8, 4) is 0 Å². The van der Waals surface area contributed by atoms with E-state index in [0.29, 0.717) is 12.0 Å². The van der Waals surface area contributed by atoms with E-state index in [0.717, 1.165) is 58.3 Å². The molecule has 0 radical (unpaired) electrons. The molecule has 2 aromatic rings. The molecule has 0 aliphatic carbocycles. The SMILES string of the molecule is C=S(CC1CN(C2=Nc3ccccc3Nc3sc(C(C)C)nc32)CCN1)[C@@H](C)OC.